The molecule has 0 saturated heterocycles. The molecule has 2 rings (SSSR count). The Morgan fingerprint density at radius 1 is 1.13 bits per heavy atom. The molecule has 1 aromatic carbocycles. The van der Waals surface area contributed by atoms with E-state index in [1.165, 1.54) is 6.33 Å². The summed E-state index contributed by atoms with van der Waals surface area (Å²) in [6, 6.07) is 11.3. The van der Waals surface area contributed by atoms with Gasteiger partial charge in [-0.05, 0) is 12.1 Å². The molecule has 0 bridgehead atoms. The van der Waals surface area contributed by atoms with Gasteiger partial charge in [0.15, 0.2) is 0 Å². The van der Waals surface area contributed by atoms with Crippen molar-refractivity contribution in [2.45, 2.75) is 0 Å². The number of nitrogens with zero attached hydrogens (tertiary/aromatic N) is 4. The summed E-state index contributed by atoms with van der Waals surface area (Å²) in [6.07, 6.45) is 1.30. The lowest BCUT2D eigenvalue weighted by Gasteiger charge is -2.02. The number of nitriles is 1. The van der Waals surface area contributed by atoms with Gasteiger partial charge in [-0.15, -0.1) is 0 Å². The van der Waals surface area contributed by atoms with Crippen LogP contribution in [0.2, 0.25) is 0 Å². The lowest BCUT2D eigenvalue weighted by Crippen LogP contribution is -1.99. The van der Waals surface area contributed by atoms with Gasteiger partial charge in [0, 0.05) is 5.69 Å². The van der Waals surface area contributed by atoms with E-state index in [-0.39, 0.29) is 5.82 Å². The van der Waals surface area contributed by atoms with Crippen LogP contribution in [0.4, 0.5) is 11.6 Å². The molecule has 0 atom stereocenters. The second-order valence-electron chi connectivity index (χ2n) is 2.74. The van der Waals surface area contributed by atoms with Gasteiger partial charge in [0.05, 0.1) is 0 Å². The number of para-hydroxylation sites is 1. The number of hydrogen-bond donors (Lipinski definition) is 1. The predicted octanol–water partition coefficient (Wildman–Crippen LogP) is 1.49. The smallest absolute Gasteiger partial charge is 0.236 e. The summed E-state index contributed by atoms with van der Waals surface area (Å²) in [4.78, 5) is 11.5. The average molecular weight is 197 g/mol. The molecule has 0 fully saturated rings. The standard InChI is InChI=1S/C10H7N5/c11-6-9-12-7-13-10(15-9)14-8-4-2-1-3-5-8/h1-5,7H,(H,12,13,14,15). The molecular weight excluding hydrogens is 190 g/mol. The molecule has 0 amide bonds. The second-order valence-corrected chi connectivity index (χ2v) is 2.74. The number of aromatic nitrogens is 3. The van der Waals surface area contributed by atoms with Crippen LogP contribution in [-0.2, 0) is 0 Å². The van der Waals surface area contributed by atoms with E-state index >= 15 is 0 Å². The molecule has 5 heteroatoms. The highest BCUT2D eigenvalue weighted by atomic mass is 15.1. The van der Waals surface area contributed by atoms with E-state index in [1.807, 2.05) is 36.4 Å². The van der Waals surface area contributed by atoms with E-state index in [0.717, 1.165) is 5.69 Å². The number of anilines is 2. The van der Waals surface area contributed by atoms with E-state index < -0.39 is 0 Å². The third kappa shape index (κ3) is 2.25. The van der Waals surface area contributed by atoms with E-state index in [2.05, 4.69) is 20.3 Å². The Labute approximate surface area is 86.5 Å². The molecule has 0 unspecified atom stereocenters. The topological polar surface area (TPSA) is 74.5 Å². The summed E-state index contributed by atoms with van der Waals surface area (Å²) in [5.41, 5.74) is 0.868. The zero-order valence-corrected chi connectivity index (χ0v) is 7.75. The van der Waals surface area contributed by atoms with Crippen molar-refractivity contribution in [2.24, 2.45) is 0 Å². The minimum atomic E-state index is 0.100. The molecule has 15 heavy (non-hydrogen) atoms. The quantitative estimate of drug-likeness (QED) is 0.789. The first-order valence-electron chi connectivity index (χ1n) is 4.30. The van der Waals surface area contributed by atoms with Crippen molar-refractivity contribution in [1.29, 1.82) is 5.26 Å². The van der Waals surface area contributed by atoms with Crippen LogP contribution >= 0.6 is 0 Å². The molecule has 5 nitrogen and oxygen atoms in total. The fourth-order valence-electron chi connectivity index (χ4n) is 1.06. The van der Waals surface area contributed by atoms with Crippen LogP contribution in [0.3, 0.4) is 0 Å². The van der Waals surface area contributed by atoms with Gasteiger partial charge in [-0.1, -0.05) is 18.2 Å². The molecule has 72 valence electrons. The highest BCUT2D eigenvalue weighted by Crippen LogP contribution is 2.10. The molecule has 1 N–H and O–H groups in total. The van der Waals surface area contributed by atoms with Crippen LogP contribution < -0.4 is 5.32 Å². The van der Waals surface area contributed by atoms with Crippen molar-refractivity contribution in [3.8, 4) is 6.07 Å². The lowest BCUT2D eigenvalue weighted by molar-refractivity contribution is 1.02. The number of benzene rings is 1. The van der Waals surface area contributed by atoms with E-state index in [4.69, 9.17) is 5.26 Å². The zero-order chi connectivity index (χ0) is 10.5. The Balaban J connectivity index is 2.22. The van der Waals surface area contributed by atoms with Crippen molar-refractivity contribution < 1.29 is 0 Å². The number of rotatable bonds is 2. The predicted molar refractivity (Wildman–Crippen MR) is 54.3 cm³/mol. The summed E-state index contributed by atoms with van der Waals surface area (Å²) in [5.74, 6) is 0.469. The average Bonchev–Trinajstić information content (AvgIpc) is 2.31. The van der Waals surface area contributed by atoms with Crippen LogP contribution in [0, 0.1) is 11.3 Å². The van der Waals surface area contributed by atoms with Crippen LogP contribution in [0.25, 0.3) is 0 Å². The molecule has 1 aromatic heterocycles. The van der Waals surface area contributed by atoms with Gasteiger partial charge in [-0.25, -0.2) is 9.97 Å². The van der Waals surface area contributed by atoms with Gasteiger partial charge < -0.3 is 5.32 Å². The lowest BCUT2D eigenvalue weighted by atomic mass is 10.3. The molecule has 0 aliphatic carbocycles. The zero-order valence-electron chi connectivity index (χ0n) is 7.75. The molecule has 0 aliphatic rings. The fourth-order valence-corrected chi connectivity index (χ4v) is 1.06. The van der Waals surface area contributed by atoms with Crippen molar-refractivity contribution in [3.63, 3.8) is 0 Å². The van der Waals surface area contributed by atoms with Crippen LogP contribution in [0.15, 0.2) is 36.7 Å². The normalized spacial score (nSPS) is 9.27. The monoisotopic (exact) mass is 197 g/mol. The summed E-state index contributed by atoms with van der Waals surface area (Å²) >= 11 is 0. The van der Waals surface area contributed by atoms with E-state index in [0.29, 0.717) is 5.95 Å². The highest BCUT2D eigenvalue weighted by molar-refractivity contribution is 5.52. The Morgan fingerprint density at radius 2 is 1.93 bits per heavy atom. The van der Waals surface area contributed by atoms with Crippen LogP contribution in [-0.4, -0.2) is 15.0 Å². The molecule has 1 heterocycles. The van der Waals surface area contributed by atoms with Gasteiger partial charge in [0.25, 0.3) is 0 Å². The largest absolute Gasteiger partial charge is 0.324 e. The maximum atomic E-state index is 8.60. The Kier molecular flexibility index (Phi) is 2.52. The van der Waals surface area contributed by atoms with Gasteiger partial charge >= 0.3 is 0 Å². The Bertz CT molecular complexity index is 489. The first-order valence-corrected chi connectivity index (χ1v) is 4.30. The first kappa shape index (κ1) is 9.09. The number of hydrogen-bond acceptors (Lipinski definition) is 5. The van der Waals surface area contributed by atoms with Crippen molar-refractivity contribution in [3.05, 3.63) is 42.5 Å². The summed E-state index contributed by atoms with van der Waals surface area (Å²) in [7, 11) is 0. The van der Waals surface area contributed by atoms with Gasteiger partial charge in [0.1, 0.15) is 12.4 Å². The van der Waals surface area contributed by atoms with E-state index in [1.54, 1.807) is 0 Å². The highest BCUT2D eigenvalue weighted by Gasteiger charge is 1.99. The van der Waals surface area contributed by atoms with Crippen molar-refractivity contribution >= 4 is 11.6 Å². The third-order valence-corrected chi connectivity index (χ3v) is 1.70. The minimum Gasteiger partial charge on any atom is -0.324 e. The maximum Gasteiger partial charge on any atom is 0.236 e. The molecule has 2 aromatic rings. The van der Waals surface area contributed by atoms with Gasteiger partial charge in [-0.3, -0.25) is 0 Å². The first-order chi connectivity index (χ1) is 7.38. The van der Waals surface area contributed by atoms with E-state index in [9.17, 15) is 0 Å². The SMILES string of the molecule is N#Cc1ncnc(Nc2ccccc2)n1. The minimum absolute atomic E-state index is 0.100. The third-order valence-electron chi connectivity index (χ3n) is 1.70. The van der Waals surface area contributed by atoms with Crippen molar-refractivity contribution in [1.82, 2.24) is 15.0 Å². The molecule has 0 radical (unpaired) electrons. The molecular formula is C10H7N5. The fraction of sp³-hybridized carbons (Fsp3) is 0. The van der Waals surface area contributed by atoms with Crippen molar-refractivity contribution in [2.75, 3.05) is 5.32 Å². The molecule has 0 spiro atoms. The maximum absolute atomic E-state index is 8.60. The number of nitrogens with one attached hydrogen (secondary N) is 1. The second kappa shape index (κ2) is 4.15. The van der Waals surface area contributed by atoms with Gasteiger partial charge in [-0.2, -0.15) is 10.2 Å². The van der Waals surface area contributed by atoms with Crippen LogP contribution in [0.1, 0.15) is 5.82 Å². The van der Waals surface area contributed by atoms with Gasteiger partial charge in [0.2, 0.25) is 11.8 Å². The Morgan fingerprint density at radius 3 is 2.67 bits per heavy atom. The Hall–Kier alpha value is -2.48. The van der Waals surface area contributed by atoms with Crippen LogP contribution in [0.5, 0.6) is 0 Å². The molecule has 0 aliphatic heterocycles. The molecule has 0 saturated carbocycles. The summed E-state index contributed by atoms with van der Waals surface area (Å²) < 4.78 is 0. The summed E-state index contributed by atoms with van der Waals surface area (Å²) in [6.45, 7) is 0. The summed E-state index contributed by atoms with van der Waals surface area (Å²) in [5, 5.41) is 11.6.